The maximum absolute atomic E-state index is 14.2. The fourth-order valence-corrected chi connectivity index (χ4v) is 6.35. The summed E-state index contributed by atoms with van der Waals surface area (Å²) in [6.07, 6.45) is -16.7. The van der Waals surface area contributed by atoms with Crippen LogP contribution < -0.4 is 0 Å². The van der Waals surface area contributed by atoms with Crippen LogP contribution in [0.2, 0.25) is 0 Å². The molecule has 0 aromatic rings. The van der Waals surface area contributed by atoms with Crippen molar-refractivity contribution in [3.05, 3.63) is 10.8 Å². The Kier molecular flexibility index (Phi) is 12.5. The van der Waals surface area contributed by atoms with Crippen molar-refractivity contribution >= 4 is 19.7 Å². The summed E-state index contributed by atoms with van der Waals surface area (Å²) in [6.45, 7) is 0.589. The lowest BCUT2D eigenvalue weighted by Crippen LogP contribution is -2.75. The zero-order chi connectivity index (χ0) is 48.6. The largest absolute Gasteiger partial charge is 0.460 e. The van der Waals surface area contributed by atoms with E-state index in [1.807, 2.05) is 0 Å². The van der Waals surface area contributed by atoms with Crippen LogP contribution in [0, 0.1) is 0 Å². The molecule has 0 atom stereocenters. The van der Waals surface area contributed by atoms with Crippen LogP contribution in [0.1, 0.15) is 0 Å². The van der Waals surface area contributed by atoms with E-state index in [4.69, 9.17) is 0 Å². The van der Waals surface area contributed by atoms with Crippen molar-refractivity contribution < 1.29 is 166 Å². The van der Waals surface area contributed by atoms with E-state index in [9.17, 15) is 166 Å². The van der Waals surface area contributed by atoms with Gasteiger partial charge in [-0.25, -0.2) is 16.8 Å². The molecule has 0 aliphatic carbocycles. The van der Waals surface area contributed by atoms with Crippen molar-refractivity contribution in [2.45, 2.75) is 93.9 Å². The second-order valence-corrected chi connectivity index (χ2v) is 14.6. The van der Waals surface area contributed by atoms with E-state index >= 15 is 0 Å². The highest BCUT2D eigenvalue weighted by atomic mass is 32.3. The van der Waals surface area contributed by atoms with Crippen LogP contribution in [0.5, 0.6) is 0 Å². The van der Waals surface area contributed by atoms with Gasteiger partial charge in [-0.2, -0.15) is 149 Å². The molecule has 40 heteroatoms. The maximum atomic E-state index is 14.2. The minimum Gasteiger partial charge on any atom is -0.216 e. The molecule has 58 heavy (non-hydrogen) atoms. The molecule has 0 unspecified atom stereocenters. The smallest absolute Gasteiger partial charge is 0.216 e. The lowest BCUT2D eigenvalue weighted by molar-refractivity contribution is -0.458. The van der Waals surface area contributed by atoms with Crippen molar-refractivity contribution in [2.75, 3.05) is 0 Å². The zero-order valence-corrected chi connectivity index (χ0v) is 26.1. The summed E-state index contributed by atoms with van der Waals surface area (Å²) in [5.41, 5.74) is 0. The predicted octanol–water partition coefficient (Wildman–Crippen LogP) is 10.2. The fourth-order valence-electron chi connectivity index (χ4n) is 3.07. The van der Waals surface area contributed by atoms with E-state index in [1.165, 1.54) is 0 Å². The van der Waals surface area contributed by atoms with Gasteiger partial charge in [-0.3, -0.25) is 0 Å². The van der Waals surface area contributed by atoms with Crippen LogP contribution in [-0.4, -0.2) is 111 Å². The Morgan fingerprint density at radius 1 is 0.241 bits per heavy atom. The van der Waals surface area contributed by atoms with Gasteiger partial charge in [-0.1, -0.05) is 6.58 Å². The van der Waals surface area contributed by atoms with Gasteiger partial charge in [0.15, 0.2) is 4.24 Å². The summed E-state index contributed by atoms with van der Waals surface area (Å²) in [5, 5.41) is -18.8. The lowest BCUT2D eigenvalue weighted by Gasteiger charge is -2.43. The Hall–Kier alpha value is -2.74. The summed E-state index contributed by atoms with van der Waals surface area (Å²) in [6, 6.07) is 0. The Morgan fingerprint density at radius 3 is 0.500 bits per heavy atom. The number of rotatable bonds is 16. The first-order chi connectivity index (χ1) is 24.2. The molecule has 0 rings (SSSR count). The fraction of sp³-hybridized carbons (Fsp3) is 0.889. The molecule has 0 radical (unpaired) electrons. The van der Waals surface area contributed by atoms with E-state index < -0.39 is 118 Å². The first-order valence-corrected chi connectivity index (χ1v) is 14.7. The highest BCUT2D eigenvalue weighted by molar-refractivity contribution is 8.15. The number of alkyl halides is 34. The zero-order valence-electron chi connectivity index (χ0n) is 24.5. The third-order valence-electron chi connectivity index (χ3n) is 6.66. The van der Waals surface area contributed by atoms with Crippen molar-refractivity contribution in [1.29, 1.82) is 0 Å². The molecule has 0 saturated carbocycles. The average molecular weight is 992 g/mol. The van der Waals surface area contributed by atoms with Crippen molar-refractivity contribution in [3.8, 4) is 0 Å². The normalized spacial score (nSPS) is 17.1. The monoisotopic (exact) mass is 992 g/mol. The number of halogens is 34. The molecule has 0 amide bonds. The third-order valence-corrected chi connectivity index (χ3v) is 11.0. The first kappa shape index (κ1) is 55.3. The number of hydrogen-bond acceptors (Lipinski definition) is 4. The summed E-state index contributed by atoms with van der Waals surface area (Å²) in [4.78, 5) is 0. The first-order valence-electron chi connectivity index (χ1n) is 11.8. The SMILES string of the molecule is C=C(S(=O)(=O)C(F)(F)C(F)(F)C(F)(F)C(F)(F)C(F)(F)C(F)(F)C(F)(F)C(F)(F)F)S(=O)(=O)C(F)(F)C(F)(F)C(F)(F)C(F)(F)C(F)(F)C(F)(F)C(F)(F)C(F)(F)F. The molecule has 0 aliphatic rings. The van der Waals surface area contributed by atoms with Crippen LogP contribution in [0.15, 0.2) is 10.8 Å². The van der Waals surface area contributed by atoms with E-state index in [2.05, 4.69) is 0 Å². The van der Waals surface area contributed by atoms with Crippen LogP contribution in [0.3, 0.4) is 0 Å². The molecule has 0 fully saturated rings. The molecule has 0 aromatic carbocycles. The van der Waals surface area contributed by atoms with Crippen LogP contribution in [0.25, 0.3) is 0 Å². The summed E-state index contributed by atoms with van der Waals surface area (Å²) < 4.78 is 496. The summed E-state index contributed by atoms with van der Waals surface area (Å²) >= 11 is 0. The number of sulfone groups is 2. The van der Waals surface area contributed by atoms with Gasteiger partial charge in [0.2, 0.25) is 0 Å². The number of hydrogen-bond donors (Lipinski definition) is 0. The molecule has 0 bridgehead atoms. The van der Waals surface area contributed by atoms with E-state index in [0.717, 1.165) is 0 Å². The van der Waals surface area contributed by atoms with Gasteiger partial charge in [-0.15, -0.1) is 0 Å². The van der Waals surface area contributed by atoms with Crippen molar-refractivity contribution in [3.63, 3.8) is 0 Å². The standard InChI is InChI=1S/C18H2F34O4S2/c1-2(57(53,54)17(49,50)13(39,40)9(31,32)5(23,24)3(19,20)7(27,28)11(35,36)15(43,44)45)58(55,56)18(51,52)14(41,42)10(33,34)6(25,26)4(21,22)8(29,30)12(37,38)16(46,47)48/h1H2. The average Bonchev–Trinajstić information content (AvgIpc) is 2.97. The molecule has 0 aliphatic heterocycles. The Morgan fingerprint density at radius 2 is 0.362 bits per heavy atom. The second kappa shape index (κ2) is 13.1. The maximum Gasteiger partial charge on any atom is 0.460 e. The van der Waals surface area contributed by atoms with E-state index in [-0.39, 0.29) is 0 Å². The van der Waals surface area contributed by atoms with Gasteiger partial charge in [0.25, 0.3) is 19.7 Å². The molecule has 0 N–H and O–H groups in total. The molecule has 348 valence electrons. The van der Waals surface area contributed by atoms with E-state index in [1.54, 1.807) is 0 Å². The highest BCUT2D eigenvalue weighted by Gasteiger charge is 2.98. The van der Waals surface area contributed by atoms with Crippen molar-refractivity contribution in [1.82, 2.24) is 0 Å². The molecule has 0 heterocycles. The second-order valence-electron chi connectivity index (χ2n) is 10.3. The quantitative estimate of drug-likeness (QED) is 0.145. The van der Waals surface area contributed by atoms with Crippen LogP contribution >= 0.6 is 0 Å². The van der Waals surface area contributed by atoms with Gasteiger partial charge < -0.3 is 0 Å². The van der Waals surface area contributed by atoms with Gasteiger partial charge in [0, 0.05) is 0 Å². The molecule has 4 nitrogen and oxygen atoms in total. The molecular weight excluding hydrogens is 990 g/mol. The molecule has 0 aromatic heterocycles. The van der Waals surface area contributed by atoms with Crippen LogP contribution in [-0.2, 0) is 19.7 Å². The van der Waals surface area contributed by atoms with E-state index in [0.29, 0.717) is 6.58 Å². The molecule has 0 saturated heterocycles. The minimum atomic E-state index is -9.92. The topological polar surface area (TPSA) is 68.3 Å². The minimum absolute atomic E-state index is 0.589. The van der Waals surface area contributed by atoms with Crippen LogP contribution in [0.4, 0.5) is 149 Å². The summed E-state index contributed by atoms with van der Waals surface area (Å²) in [5.74, 6) is -114. The summed E-state index contributed by atoms with van der Waals surface area (Å²) in [7, 11) is -19.8. The van der Waals surface area contributed by atoms with Gasteiger partial charge in [0.1, 0.15) is 0 Å². The molecular formula is C18H2F34O4S2. The van der Waals surface area contributed by atoms with Crippen molar-refractivity contribution in [2.24, 2.45) is 0 Å². The molecule has 0 spiro atoms. The Labute approximate surface area is 291 Å². The van der Waals surface area contributed by atoms with Gasteiger partial charge in [-0.05, 0) is 0 Å². The van der Waals surface area contributed by atoms with Gasteiger partial charge in [0.05, 0.1) is 0 Å². The highest BCUT2D eigenvalue weighted by Crippen LogP contribution is 2.67. The third kappa shape index (κ3) is 6.19. The van der Waals surface area contributed by atoms with Gasteiger partial charge >= 0.3 is 93.9 Å². The lowest BCUT2D eigenvalue weighted by atomic mass is 9.91. The predicted molar refractivity (Wildman–Crippen MR) is 108 cm³/mol. The Bertz CT molecular complexity index is 1680. The Balaban J connectivity index is 7.80.